The molecule has 0 radical (unpaired) electrons. The fourth-order valence-corrected chi connectivity index (χ4v) is 6.84. The van der Waals surface area contributed by atoms with Gasteiger partial charge in [0.15, 0.2) is 5.06 Å². The molecule has 2 aliphatic carbocycles. The highest BCUT2D eigenvalue weighted by atomic mass is 32.1. The monoisotopic (exact) mass is 372 g/mol. The molecule has 0 aromatic carbocycles. The number of hydrogen-bond donors (Lipinski definition) is 0. The van der Waals surface area contributed by atoms with Crippen molar-refractivity contribution < 1.29 is 17.9 Å². The standard InChI is InChI=1S/C18H19F3OS2/c1-9-11-7-6-10(15(11)24-17(9)22-2)8-14-12-4-3-5-13(12)16(23-14)18(19,20)21/h10H,3-8H2,1-2H3. The molecule has 0 fully saturated rings. The number of thiophene rings is 2. The van der Waals surface area contributed by atoms with Gasteiger partial charge in [-0.25, -0.2) is 0 Å². The molecule has 0 amide bonds. The molecule has 2 aliphatic rings. The van der Waals surface area contributed by atoms with Gasteiger partial charge in [0.1, 0.15) is 4.88 Å². The molecule has 0 saturated carbocycles. The SMILES string of the molecule is COc1sc2c(c1C)CCC2Cc1sc(C(F)(F)F)c2c1CCC2. The van der Waals surface area contributed by atoms with Crippen LogP contribution >= 0.6 is 22.7 Å². The number of ether oxygens (including phenoxy) is 1. The zero-order valence-corrected chi connectivity index (χ0v) is 15.3. The van der Waals surface area contributed by atoms with Gasteiger partial charge in [0.25, 0.3) is 0 Å². The number of hydrogen-bond acceptors (Lipinski definition) is 3. The van der Waals surface area contributed by atoms with E-state index in [1.165, 1.54) is 16.0 Å². The molecular weight excluding hydrogens is 353 g/mol. The van der Waals surface area contributed by atoms with Gasteiger partial charge in [-0.15, -0.1) is 22.7 Å². The summed E-state index contributed by atoms with van der Waals surface area (Å²) >= 11 is 2.68. The van der Waals surface area contributed by atoms with Crippen LogP contribution in [0.1, 0.15) is 55.6 Å². The van der Waals surface area contributed by atoms with Crippen molar-refractivity contribution in [3.05, 3.63) is 36.9 Å². The molecular formula is C18H19F3OS2. The Balaban J connectivity index is 1.67. The summed E-state index contributed by atoms with van der Waals surface area (Å²) in [4.78, 5) is 1.96. The molecule has 0 bridgehead atoms. The van der Waals surface area contributed by atoms with Crippen molar-refractivity contribution in [3.63, 3.8) is 0 Å². The maximum atomic E-state index is 13.3. The summed E-state index contributed by atoms with van der Waals surface area (Å²) in [5.74, 6) is 0.344. The average Bonchev–Trinajstić information content (AvgIpc) is 3.23. The Morgan fingerprint density at radius 2 is 1.83 bits per heavy atom. The third kappa shape index (κ3) is 2.49. The molecule has 0 saturated heterocycles. The molecule has 2 aromatic heterocycles. The van der Waals surface area contributed by atoms with Crippen molar-refractivity contribution in [2.75, 3.05) is 7.11 Å². The van der Waals surface area contributed by atoms with Gasteiger partial charge in [-0.05, 0) is 68.1 Å². The smallest absolute Gasteiger partial charge is 0.425 e. The van der Waals surface area contributed by atoms with Crippen LogP contribution < -0.4 is 4.74 Å². The highest BCUT2D eigenvalue weighted by Gasteiger charge is 2.40. The van der Waals surface area contributed by atoms with Crippen molar-refractivity contribution >= 4 is 22.7 Å². The first-order valence-electron chi connectivity index (χ1n) is 8.27. The van der Waals surface area contributed by atoms with Crippen LogP contribution in [0.15, 0.2) is 0 Å². The lowest BCUT2D eigenvalue weighted by atomic mass is 10.00. The van der Waals surface area contributed by atoms with Crippen LogP contribution in [0.5, 0.6) is 5.06 Å². The maximum Gasteiger partial charge on any atom is 0.425 e. The molecule has 0 aliphatic heterocycles. The molecule has 24 heavy (non-hydrogen) atoms. The van der Waals surface area contributed by atoms with Crippen LogP contribution in [-0.4, -0.2) is 7.11 Å². The number of methoxy groups -OCH3 is 1. The minimum atomic E-state index is -4.21. The molecule has 1 unspecified atom stereocenters. The quantitative estimate of drug-likeness (QED) is 0.651. The number of halogens is 3. The minimum Gasteiger partial charge on any atom is -0.487 e. The first-order valence-corrected chi connectivity index (χ1v) is 9.90. The van der Waals surface area contributed by atoms with E-state index in [0.717, 1.165) is 58.9 Å². The molecule has 4 rings (SSSR count). The second-order valence-corrected chi connectivity index (χ2v) is 8.78. The summed E-state index contributed by atoms with van der Waals surface area (Å²) in [5, 5.41) is 0.956. The van der Waals surface area contributed by atoms with E-state index in [0.29, 0.717) is 17.9 Å². The molecule has 2 aromatic rings. The first-order chi connectivity index (χ1) is 11.4. The molecule has 0 spiro atoms. The van der Waals surface area contributed by atoms with Crippen molar-refractivity contribution in [3.8, 4) is 5.06 Å². The van der Waals surface area contributed by atoms with Crippen LogP contribution in [0.25, 0.3) is 0 Å². The van der Waals surface area contributed by atoms with Gasteiger partial charge >= 0.3 is 6.18 Å². The molecule has 130 valence electrons. The summed E-state index contributed by atoms with van der Waals surface area (Å²) in [6.07, 6.45) is 0.855. The Morgan fingerprint density at radius 1 is 1.08 bits per heavy atom. The van der Waals surface area contributed by atoms with E-state index in [9.17, 15) is 13.2 Å². The minimum absolute atomic E-state index is 0.344. The Kier molecular flexibility index (Phi) is 3.95. The van der Waals surface area contributed by atoms with E-state index >= 15 is 0 Å². The summed E-state index contributed by atoms with van der Waals surface area (Å²) < 4.78 is 45.4. The fourth-order valence-electron chi connectivity index (χ4n) is 4.19. The third-order valence-corrected chi connectivity index (χ3v) is 8.10. The van der Waals surface area contributed by atoms with Crippen molar-refractivity contribution in [1.29, 1.82) is 0 Å². The summed E-state index contributed by atoms with van der Waals surface area (Å²) in [7, 11) is 1.69. The van der Waals surface area contributed by atoms with E-state index in [-0.39, 0.29) is 4.88 Å². The van der Waals surface area contributed by atoms with E-state index < -0.39 is 6.18 Å². The van der Waals surface area contributed by atoms with Crippen LogP contribution in [0.2, 0.25) is 0 Å². The Labute approximate surface area is 147 Å². The lowest BCUT2D eigenvalue weighted by Gasteiger charge is -2.10. The predicted molar refractivity (Wildman–Crippen MR) is 91.7 cm³/mol. The third-order valence-electron chi connectivity index (χ3n) is 5.30. The predicted octanol–water partition coefficient (Wildman–Crippen LogP) is 5.91. The summed E-state index contributed by atoms with van der Waals surface area (Å²) in [5.41, 5.74) is 4.17. The molecule has 1 nitrogen and oxygen atoms in total. The average molecular weight is 372 g/mol. The zero-order chi connectivity index (χ0) is 17.1. The molecule has 2 heterocycles. The normalized spacial score (nSPS) is 19.6. The number of fused-ring (bicyclic) bond motifs is 2. The Morgan fingerprint density at radius 3 is 2.54 bits per heavy atom. The zero-order valence-electron chi connectivity index (χ0n) is 13.7. The summed E-state index contributed by atoms with van der Waals surface area (Å²) in [6.45, 7) is 2.08. The maximum absolute atomic E-state index is 13.3. The number of rotatable bonds is 3. The van der Waals surface area contributed by atoms with Gasteiger partial charge in [-0.3, -0.25) is 0 Å². The second-order valence-electron chi connectivity index (χ2n) is 6.66. The van der Waals surface area contributed by atoms with Crippen molar-refractivity contribution in [2.45, 2.75) is 57.5 Å². The van der Waals surface area contributed by atoms with E-state index in [4.69, 9.17) is 4.74 Å². The fraction of sp³-hybridized carbons (Fsp3) is 0.556. The molecule has 1 atom stereocenters. The van der Waals surface area contributed by atoms with Gasteiger partial charge in [0.05, 0.1) is 7.11 Å². The topological polar surface area (TPSA) is 9.23 Å². The number of alkyl halides is 3. The Hall–Kier alpha value is -1.01. The lowest BCUT2D eigenvalue weighted by molar-refractivity contribution is -0.134. The first kappa shape index (κ1) is 16.5. The van der Waals surface area contributed by atoms with Gasteiger partial charge in [0, 0.05) is 15.3 Å². The van der Waals surface area contributed by atoms with E-state index in [2.05, 4.69) is 6.92 Å². The van der Waals surface area contributed by atoms with E-state index in [1.54, 1.807) is 18.4 Å². The van der Waals surface area contributed by atoms with Crippen LogP contribution in [0, 0.1) is 6.92 Å². The summed E-state index contributed by atoms with van der Waals surface area (Å²) in [6, 6.07) is 0. The highest BCUT2D eigenvalue weighted by Crippen LogP contribution is 2.50. The van der Waals surface area contributed by atoms with Gasteiger partial charge in [-0.1, -0.05) is 0 Å². The van der Waals surface area contributed by atoms with Crippen LogP contribution in [-0.2, 0) is 31.9 Å². The molecule has 6 heteroatoms. The van der Waals surface area contributed by atoms with Crippen molar-refractivity contribution in [1.82, 2.24) is 0 Å². The second kappa shape index (κ2) is 5.77. The van der Waals surface area contributed by atoms with Gasteiger partial charge < -0.3 is 4.74 Å². The largest absolute Gasteiger partial charge is 0.487 e. The van der Waals surface area contributed by atoms with Gasteiger partial charge in [0.2, 0.25) is 0 Å². The highest BCUT2D eigenvalue weighted by molar-refractivity contribution is 7.14. The Bertz CT molecular complexity index is 785. The van der Waals surface area contributed by atoms with Crippen LogP contribution in [0.4, 0.5) is 13.2 Å². The van der Waals surface area contributed by atoms with Crippen molar-refractivity contribution in [2.24, 2.45) is 0 Å². The van der Waals surface area contributed by atoms with Crippen LogP contribution in [0.3, 0.4) is 0 Å². The van der Waals surface area contributed by atoms with E-state index in [1.807, 2.05) is 0 Å². The molecule has 0 N–H and O–H groups in total. The lowest BCUT2D eigenvalue weighted by Crippen LogP contribution is -2.04. The van der Waals surface area contributed by atoms with Gasteiger partial charge in [-0.2, -0.15) is 13.2 Å².